The zero-order chi connectivity index (χ0) is 17.9. The fourth-order valence-corrected chi connectivity index (χ4v) is 3.44. The maximum Gasteiger partial charge on any atom is 0.434 e. The van der Waals surface area contributed by atoms with Crippen LogP contribution in [0, 0.1) is 10.1 Å². The Balaban J connectivity index is 1.53. The molecule has 6 nitrogen and oxygen atoms in total. The maximum absolute atomic E-state index is 10.9. The third-order valence-corrected chi connectivity index (χ3v) is 4.66. The molecule has 0 fully saturated rings. The van der Waals surface area contributed by atoms with E-state index in [2.05, 4.69) is 64.3 Å². The molecule has 0 aliphatic carbocycles. The standard InChI is InChI=1S/C20H19N4O2/c25-24(26)20-21-11-14-22(20)12-5-6-13-23-15-16-7-1-2-8-17(16)18-9-3-4-10-19(18)23/h1-4,7-11,14-15H,5-6,12-13H2/q+1. The molecule has 2 aromatic heterocycles. The molecule has 4 rings (SSSR count). The Hall–Kier alpha value is -3.28. The van der Waals surface area contributed by atoms with Crippen molar-refractivity contribution >= 4 is 27.6 Å². The average molecular weight is 347 g/mol. The van der Waals surface area contributed by atoms with Crippen molar-refractivity contribution in [2.45, 2.75) is 25.9 Å². The fraction of sp³-hybridized carbons (Fsp3) is 0.200. The molecule has 6 heteroatoms. The van der Waals surface area contributed by atoms with Crippen molar-refractivity contribution in [2.24, 2.45) is 0 Å². The van der Waals surface area contributed by atoms with E-state index < -0.39 is 4.92 Å². The second kappa shape index (κ2) is 6.92. The Morgan fingerprint density at radius 1 is 1.04 bits per heavy atom. The van der Waals surface area contributed by atoms with Gasteiger partial charge < -0.3 is 10.1 Å². The van der Waals surface area contributed by atoms with Crippen molar-refractivity contribution < 1.29 is 9.49 Å². The first-order valence-corrected chi connectivity index (χ1v) is 8.69. The monoisotopic (exact) mass is 347 g/mol. The highest BCUT2D eigenvalue weighted by atomic mass is 16.6. The predicted molar refractivity (Wildman–Crippen MR) is 99.8 cm³/mol. The molecular formula is C20H19N4O2+. The Morgan fingerprint density at radius 2 is 1.81 bits per heavy atom. The molecule has 130 valence electrons. The zero-order valence-electron chi connectivity index (χ0n) is 14.3. The molecule has 0 aliphatic rings. The summed E-state index contributed by atoms with van der Waals surface area (Å²) >= 11 is 0. The van der Waals surface area contributed by atoms with E-state index in [4.69, 9.17) is 0 Å². The largest absolute Gasteiger partial charge is 0.434 e. The summed E-state index contributed by atoms with van der Waals surface area (Å²) in [7, 11) is 0. The number of aromatic nitrogens is 3. The summed E-state index contributed by atoms with van der Waals surface area (Å²) in [4.78, 5) is 14.3. The quantitative estimate of drug-likeness (QED) is 0.175. The van der Waals surface area contributed by atoms with Crippen LogP contribution in [-0.4, -0.2) is 14.5 Å². The number of hydrogen-bond acceptors (Lipinski definition) is 3. The fourth-order valence-electron chi connectivity index (χ4n) is 3.44. The Bertz CT molecular complexity index is 1090. The summed E-state index contributed by atoms with van der Waals surface area (Å²) in [6.45, 7) is 1.47. The number of benzene rings is 2. The number of imidazole rings is 1. The van der Waals surface area contributed by atoms with E-state index in [1.54, 1.807) is 10.8 Å². The molecule has 0 N–H and O–H groups in total. The highest BCUT2D eigenvalue weighted by Gasteiger charge is 2.15. The van der Waals surface area contributed by atoms with Crippen LogP contribution < -0.4 is 4.57 Å². The van der Waals surface area contributed by atoms with E-state index in [0.717, 1.165) is 19.4 Å². The smallest absolute Gasteiger partial charge is 0.390 e. The molecular weight excluding hydrogens is 328 g/mol. The van der Waals surface area contributed by atoms with Crippen molar-refractivity contribution in [3.63, 3.8) is 0 Å². The van der Waals surface area contributed by atoms with Crippen LogP contribution in [0.1, 0.15) is 12.8 Å². The van der Waals surface area contributed by atoms with E-state index in [1.807, 2.05) is 0 Å². The van der Waals surface area contributed by atoms with Gasteiger partial charge in [0.05, 0.1) is 11.9 Å². The van der Waals surface area contributed by atoms with Crippen LogP contribution in [0.15, 0.2) is 67.1 Å². The number of pyridine rings is 1. The Labute approximate surface area is 150 Å². The molecule has 4 aromatic rings. The molecule has 0 unspecified atom stereocenters. The third-order valence-electron chi connectivity index (χ3n) is 4.66. The van der Waals surface area contributed by atoms with Gasteiger partial charge in [-0.2, -0.15) is 4.57 Å². The first-order valence-electron chi connectivity index (χ1n) is 8.69. The SMILES string of the molecule is O=[N+]([O-])c1nccn1CCCC[n+]1cc2ccccc2c2ccccc21. The van der Waals surface area contributed by atoms with Crippen LogP contribution in [0.25, 0.3) is 21.7 Å². The first kappa shape index (κ1) is 16.2. The second-order valence-corrected chi connectivity index (χ2v) is 6.31. The molecule has 0 saturated heterocycles. The van der Waals surface area contributed by atoms with Gasteiger partial charge in [0, 0.05) is 23.3 Å². The minimum Gasteiger partial charge on any atom is -0.390 e. The molecule has 0 saturated carbocycles. The Kier molecular flexibility index (Phi) is 4.31. The van der Waals surface area contributed by atoms with Crippen molar-refractivity contribution in [1.82, 2.24) is 9.55 Å². The molecule has 0 aliphatic heterocycles. The van der Waals surface area contributed by atoms with Gasteiger partial charge in [0.1, 0.15) is 18.9 Å². The number of hydrogen-bond donors (Lipinski definition) is 0. The Morgan fingerprint density at radius 3 is 2.65 bits per heavy atom. The summed E-state index contributed by atoms with van der Waals surface area (Å²) in [5, 5.41) is 14.6. The summed E-state index contributed by atoms with van der Waals surface area (Å²) in [5.41, 5.74) is 1.21. The van der Waals surface area contributed by atoms with Crippen molar-refractivity contribution in [3.05, 3.63) is 77.2 Å². The highest BCUT2D eigenvalue weighted by molar-refractivity contribution is 6.03. The lowest BCUT2D eigenvalue weighted by atomic mass is 10.1. The van der Waals surface area contributed by atoms with Crippen molar-refractivity contribution in [1.29, 1.82) is 0 Å². The van der Waals surface area contributed by atoms with E-state index in [0.29, 0.717) is 6.54 Å². The van der Waals surface area contributed by atoms with Gasteiger partial charge in [0.25, 0.3) is 0 Å². The lowest BCUT2D eigenvalue weighted by Gasteiger charge is -2.06. The number of unbranched alkanes of at least 4 members (excludes halogenated alkanes) is 1. The van der Waals surface area contributed by atoms with Crippen LogP contribution in [0.5, 0.6) is 0 Å². The highest BCUT2D eigenvalue weighted by Crippen LogP contribution is 2.22. The first-order chi connectivity index (χ1) is 12.7. The summed E-state index contributed by atoms with van der Waals surface area (Å²) in [6.07, 6.45) is 7.12. The third kappa shape index (κ3) is 3.01. The van der Waals surface area contributed by atoms with Crippen LogP contribution in [0.3, 0.4) is 0 Å². The average Bonchev–Trinajstić information content (AvgIpc) is 3.14. The number of para-hydroxylation sites is 1. The topological polar surface area (TPSA) is 64.8 Å². The normalized spacial score (nSPS) is 11.2. The van der Waals surface area contributed by atoms with Crippen molar-refractivity contribution in [2.75, 3.05) is 0 Å². The number of nitro groups is 1. The lowest BCUT2D eigenvalue weighted by Crippen LogP contribution is -2.34. The summed E-state index contributed by atoms with van der Waals surface area (Å²) in [5.74, 6) is -0.0891. The summed E-state index contributed by atoms with van der Waals surface area (Å²) < 4.78 is 3.88. The predicted octanol–water partition coefficient (Wildman–Crippen LogP) is 3.87. The van der Waals surface area contributed by atoms with Gasteiger partial charge >= 0.3 is 5.95 Å². The van der Waals surface area contributed by atoms with E-state index >= 15 is 0 Å². The van der Waals surface area contributed by atoms with Crippen LogP contribution in [-0.2, 0) is 13.1 Å². The molecule has 2 aromatic carbocycles. The lowest BCUT2D eigenvalue weighted by molar-refractivity contribution is -0.670. The van der Waals surface area contributed by atoms with Gasteiger partial charge in [-0.05, 0) is 23.5 Å². The van der Waals surface area contributed by atoms with E-state index in [-0.39, 0.29) is 5.95 Å². The van der Waals surface area contributed by atoms with Crippen LogP contribution >= 0.6 is 0 Å². The van der Waals surface area contributed by atoms with Gasteiger partial charge in [0.2, 0.25) is 5.52 Å². The molecule has 0 spiro atoms. The molecule has 0 amide bonds. The maximum atomic E-state index is 10.9. The molecule has 0 atom stereocenters. The number of rotatable bonds is 6. The van der Waals surface area contributed by atoms with Crippen LogP contribution in [0.4, 0.5) is 5.95 Å². The van der Waals surface area contributed by atoms with Gasteiger partial charge in [-0.3, -0.25) is 0 Å². The summed E-state index contributed by atoms with van der Waals surface area (Å²) in [6, 6.07) is 16.8. The molecule has 2 heterocycles. The number of fused-ring (bicyclic) bond motifs is 3. The van der Waals surface area contributed by atoms with Gasteiger partial charge in [0.15, 0.2) is 6.20 Å². The molecule has 0 bridgehead atoms. The van der Waals surface area contributed by atoms with Gasteiger partial charge in [-0.15, -0.1) is 0 Å². The van der Waals surface area contributed by atoms with E-state index in [1.165, 1.54) is 27.9 Å². The number of nitrogens with zero attached hydrogens (tertiary/aromatic N) is 4. The minimum atomic E-state index is -0.439. The van der Waals surface area contributed by atoms with Gasteiger partial charge in [-0.25, -0.2) is 4.57 Å². The van der Waals surface area contributed by atoms with Crippen LogP contribution in [0.2, 0.25) is 0 Å². The number of aryl methyl sites for hydroxylation is 2. The van der Waals surface area contributed by atoms with E-state index in [9.17, 15) is 10.1 Å². The molecule has 26 heavy (non-hydrogen) atoms. The second-order valence-electron chi connectivity index (χ2n) is 6.31. The van der Waals surface area contributed by atoms with Crippen molar-refractivity contribution in [3.8, 4) is 0 Å². The minimum absolute atomic E-state index is 0.0891. The van der Waals surface area contributed by atoms with Gasteiger partial charge in [-0.1, -0.05) is 35.3 Å². The zero-order valence-corrected chi connectivity index (χ0v) is 14.3. The molecule has 0 radical (unpaired) electrons.